The summed E-state index contributed by atoms with van der Waals surface area (Å²) in [6, 6.07) is 5.06. The fourth-order valence-electron chi connectivity index (χ4n) is 2.17. The minimum Gasteiger partial charge on any atom is -0.506 e. The maximum Gasteiger partial charge on any atom is 0.241 e. The van der Waals surface area contributed by atoms with Crippen molar-refractivity contribution in [3.05, 3.63) is 23.8 Å². The number of carbonyl (C=O) groups is 1. The molecule has 0 aromatic heterocycles. The van der Waals surface area contributed by atoms with Crippen LogP contribution >= 0.6 is 11.8 Å². The summed E-state index contributed by atoms with van der Waals surface area (Å²) >= 11 is 1.92. The first-order valence-electron chi connectivity index (χ1n) is 6.51. The molecule has 0 unspecified atom stereocenters. The molecule has 104 valence electrons. The number of amides is 1. The number of hydrogen-bond donors (Lipinski definition) is 2. The molecule has 1 saturated heterocycles. The molecule has 2 N–H and O–H groups in total. The molecule has 1 aliphatic heterocycles. The van der Waals surface area contributed by atoms with E-state index < -0.39 is 0 Å². The standard InChI is InChI=1S/C14H20N2O2S/c1-10-4-3-5-12(17)13(10)15-14(18)11(2)16-6-8-19-9-7-16/h3-5,11,17H,6-9H2,1-2H3,(H,15,18)/t11-/m1/s1. The Morgan fingerprint density at radius 2 is 2.11 bits per heavy atom. The molecule has 1 aliphatic rings. The molecule has 19 heavy (non-hydrogen) atoms. The minimum atomic E-state index is -0.167. The normalized spacial score (nSPS) is 18.0. The molecule has 1 aromatic rings. The van der Waals surface area contributed by atoms with Gasteiger partial charge in [0, 0.05) is 24.6 Å². The Morgan fingerprint density at radius 3 is 2.74 bits per heavy atom. The highest BCUT2D eigenvalue weighted by molar-refractivity contribution is 7.99. The predicted octanol–water partition coefficient (Wildman–Crippen LogP) is 2.08. The van der Waals surface area contributed by atoms with Crippen molar-refractivity contribution in [1.82, 2.24) is 4.90 Å². The Hall–Kier alpha value is -1.20. The van der Waals surface area contributed by atoms with Crippen LogP contribution in [0.2, 0.25) is 0 Å². The van der Waals surface area contributed by atoms with E-state index in [1.807, 2.05) is 31.7 Å². The molecule has 0 spiro atoms. The zero-order valence-electron chi connectivity index (χ0n) is 11.3. The first kappa shape index (κ1) is 14.2. The van der Waals surface area contributed by atoms with Crippen molar-refractivity contribution < 1.29 is 9.90 Å². The number of aromatic hydroxyl groups is 1. The van der Waals surface area contributed by atoms with Crippen molar-refractivity contribution in [2.24, 2.45) is 0 Å². The molecular weight excluding hydrogens is 260 g/mol. The number of nitrogens with zero attached hydrogens (tertiary/aromatic N) is 1. The largest absolute Gasteiger partial charge is 0.506 e. The summed E-state index contributed by atoms with van der Waals surface area (Å²) in [6.07, 6.45) is 0. The molecule has 0 bridgehead atoms. The summed E-state index contributed by atoms with van der Waals surface area (Å²) in [7, 11) is 0. The number of benzene rings is 1. The molecule has 2 rings (SSSR count). The average molecular weight is 280 g/mol. The summed E-state index contributed by atoms with van der Waals surface area (Å²) in [5.41, 5.74) is 1.39. The summed E-state index contributed by atoms with van der Waals surface area (Å²) in [5, 5.41) is 12.6. The molecule has 1 amide bonds. The number of phenols is 1. The highest BCUT2D eigenvalue weighted by atomic mass is 32.2. The van der Waals surface area contributed by atoms with E-state index in [2.05, 4.69) is 10.2 Å². The van der Waals surface area contributed by atoms with Crippen LogP contribution in [0.3, 0.4) is 0 Å². The van der Waals surface area contributed by atoms with E-state index in [1.165, 1.54) is 0 Å². The third-order valence-corrected chi connectivity index (χ3v) is 4.41. The van der Waals surface area contributed by atoms with E-state index in [0.717, 1.165) is 30.2 Å². The lowest BCUT2D eigenvalue weighted by Gasteiger charge is -2.31. The molecule has 5 heteroatoms. The molecule has 1 heterocycles. The van der Waals surface area contributed by atoms with Gasteiger partial charge in [-0.1, -0.05) is 12.1 Å². The highest BCUT2D eigenvalue weighted by Crippen LogP contribution is 2.26. The van der Waals surface area contributed by atoms with Gasteiger partial charge in [-0.2, -0.15) is 11.8 Å². The van der Waals surface area contributed by atoms with E-state index in [4.69, 9.17) is 0 Å². The topological polar surface area (TPSA) is 52.6 Å². The van der Waals surface area contributed by atoms with Gasteiger partial charge in [0.05, 0.1) is 11.7 Å². The maximum atomic E-state index is 12.2. The first-order chi connectivity index (χ1) is 9.09. The van der Waals surface area contributed by atoms with Crippen LogP contribution in [-0.2, 0) is 4.79 Å². The first-order valence-corrected chi connectivity index (χ1v) is 7.66. The van der Waals surface area contributed by atoms with Gasteiger partial charge in [0.25, 0.3) is 0 Å². The lowest BCUT2D eigenvalue weighted by atomic mass is 10.1. The summed E-state index contributed by atoms with van der Waals surface area (Å²) < 4.78 is 0. The number of nitrogens with one attached hydrogen (secondary N) is 1. The third kappa shape index (κ3) is 3.42. The molecule has 4 nitrogen and oxygen atoms in total. The van der Waals surface area contributed by atoms with Crippen molar-refractivity contribution in [3.63, 3.8) is 0 Å². The minimum absolute atomic E-state index is 0.0588. The Labute approximate surface area is 118 Å². The Kier molecular flexibility index (Phi) is 4.71. The van der Waals surface area contributed by atoms with Crippen LogP contribution in [0.15, 0.2) is 18.2 Å². The molecule has 0 aliphatic carbocycles. The van der Waals surface area contributed by atoms with Gasteiger partial charge >= 0.3 is 0 Å². The van der Waals surface area contributed by atoms with Crippen LogP contribution in [0.25, 0.3) is 0 Å². The summed E-state index contributed by atoms with van der Waals surface area (Å²) in [4.78, 5) is 14.4. The molecule has 0 radical (unpaired) electrons. The van der Waals surface area contributed by atoms with E-state index in [1.54, 1.807) is 12.1 Å². The highest BCUT2D eigenvalue weighted by Gasteiger charge is 2.23. The number of anilines is 1. The van der Waals surface area contributed by atoms with E-state index in [9.17, 15) is 9.90 Å². The zero-order chi connectivity index (χ0) is 13.8. The number of phenolic OH excluding ortho intramolecular Hbond substituents is 1. The molecule has 0 saturated carbocycles. The lowest BCUT2D eigenvalue weighted by molar-refractivity contribution is -0.120. The SMILES string of the molecule is Cc1cccc(O)c1NC(=O)[C@@H](C)N1CCSCC1. The lowest BCUT2D eigenvalue weighted by Crippen LogP contribution is -2.46. The van der Waals surface area contributed by atoms with Crippen LogP contribution in [-0.4, -0.2) is 46.6 Å². The number of rotatable bonds is 3. The molecule has 1 atom stereocenters. The second kappa shape index (κ2) is 6.30. The van der Waals surface area contributed by atoms with Gasteiger partial charge in [0.2, 0.25) is 5.91 Å². The van der Waals surface area contributed by atoms with Gasteiger partial charge in [0.15, 0.2) is 0 Å². The predicted molar refractivity (Wildman–Crippen MR) is 79.8 cm³/mol. The van der Waals surface area contributed by atoms with Crippen LogP contribution < -0.4 is 5.32 Å². The van der Waals surface area contributed by atoms with Crippen molar-refractivity contribution in [2.75, 3.05) is 29.9 Å². The van der Waals surface area contributed by atoms with Gasteiger partial charge < -0.3 is 10.4 Å². The fourth-order valence-corrected chi connectivity index (χ4v) is 3.10. The van der Waals surface area contributed by atoms with Gasteiger partial charge in [-0.15, -0.1) is 0 Å². The smallest absolute Gasteiger partial charge is 0.241 e. The maximum absolute atomic E-state index is 12.2. The van der Waals surface area contributed by atoms with Crippen molar-refractivity contribution in [1.29, 1.82) is 0 Å². The zero-order valence-corrected chi connectivity index (χ0v) is 12.2. The van der Waals surface area contributed by atoms with E-state index in [-0.39, 0.29) is 17.7 Å². The fraction of sp³-hybridized carbons (Fsp3) is 0.500. The number of para-hydroxylation sites is 1. The van der Waals surface area contributed by atoms with E-state index in [0.29, 0.717) is 5.69 Å². The number of thioether (sulfide) groups is 1. The monoisotopic (exact) mass is 280 g/mol. The number of aryl methyl sites for hydroxylation is 1. The Balaban J connectivity index is 2.04. The molecule has 1 aromatic carbocycles. The number of hydrogen-bond acceptors (Lipinski definition) is 4. The molecule has 1 fully saturated rings. The van der Waals surface area contributed by atoms with Crippen LogP contribution in [0, 0.1) is 6.92 Å². The van der Waals surface area contributed by atoms with Gasteiger partial charge in [-0.05, 0) is 25.5 Å². The van der Waals surface area contributed by atoms with Gasteiger partial charge in [-0.25, -0.2) is 0 Å². The van der Waals surface area contributed by atoms with Crippen molar-refractivity contribution in [2.45, 2.75) is 19.9 Å². The Morgan fingerprint density at radius 1 is 1.42 bits per heavy atom. The van der Waals surface area contributed by atoms with Crippen LogP contribution in [0.1, 0.15) is 12.5 Å². The quantitative estimate of drug-likeness (QED) is 0.832. The average Bonchev–Trinajstić information content (AvgIpc) is 2.43. The van der Waals surface area contributed by atoms with Gasteiger partial charge in [0.1, 0.15) is 5.75 Å². The third-order valence-electron chi connectivity index (χ3n) is 3.47. The second-order valence-electron chi connectivity index (χ2n) is 4.78. The molecular formula is C14H20N2O2S. The van der Waals surface area contributed by atoms with Crippen LogP contribution in [0.4, 0.5) is 5.69 Å². The van der Waals surface area contributed by atoms with Crippen LogP contribution in [0.5, 0.6) is 5.75 Å². The summed E-state index contributed by atoms with van der Waals surface area (Å²) in [5.74, 6) is 2.21. The van der Waals surface area contributed by atoms with Gasteiger partial charge in [-0.3, -0.25) is 9.69 Å². The number of carbonyl (C=O) groups excluding carboxylic acids is 1. The summed E-state index contributed by atoms with van der Waals surface area (Å²) in [6.45, 7) is 5.68. The second-order valence-corrected chi connectivity index (χ2v) is 6.01. The van der Waals surface area contributed by atoms with Crippen molar-refractivity contribution in [3.8, 4) is 5.75 Å². The Bertz CT molecular complexity index is 439. The van der Waals surface area contributed by atoms with E-state index >= 15 is 0 Å². The van der Waals surface area contributed by atoms with Crippen molar-refractivity contribution >= 4 is 23.4 Å².